The van der Waals surface area contributed by atoms with Gasteiger partial charge in [-0.2, -0.15) is 0 Å². The zero-order valence-corrected chi connectivity index (χ0v) is 13.8. The van der Waals surface area contributed by atoms with Crippen LogP contribution in [0.5, 0.6) is 5.75 Å². The molecule has 4 rings (SSSR count). The predicted molar refractivity (Wildman–Crippen MR) is 95.0 cm³/mol. The van der Waals surface area contributed by atoms with E-state index in [0.29, 0.717) is 6.07 Å². The molecule has 2 aliphatic heterocycles. The molecule has 1 fully saturated rings. The van der Waals surface area contributed by atoms with Gasteiger partial charge in [0.1, 0.15) is 17.9 Å². The largest absolute Gasteiger partial charge is 0.487 e. The highest BCUT2D eigenvalue weighted by Gasteiger charge is 2.30. The number of carboxylic acids is 1. The Bertz CT molecular complexity index is 1270. The Labute approximate surface area is 160 Å². The van der Waals surface area contributed by atoms with Gasteiger partial charge in [0.05, 0.1) is 22.4 Å². The molecule has 8 heteroatoms. The number of hydrogen-bond acceptors (Lipinski definition) is 5. The fourth-order valence-electron chi connectivity index (χ4n) is 2.99. The minimum Gasteiger partial charge on any atom is -0.487 e. The molecule has 0 saturated carbocycles. The maximum absolute atomic E-state index is 15.6. The van der Waals surface area contributed by atoms with Crippen molar-refractivity contribution in [3.63, 3.8) is 0 Å². The second kappa shape index (κ2) is 5.98. The van der Waals surface area contributed by atoms with Gasteiger partial charge in [-0.3, -0.25) is 4.79 Å². The number of rotatable bonds is 2. The van der Waals surface area contributed by atoms with E-state index in [1.54, 1.807) is 6.92 Å². The van der Waals surface area contributed by atoms with E-state index in [0.717, 1.165) is 13.2 Å². The fraction of sp³-hybridized carbons (Fsp3) is 0.444. The van der Waals surface area contributed by atoms with Crippen LogP contribution in [0, 0.1) is 5.82 Å². The van der Waals surface area contributed by atoms with Crippen molar-refractivity contribution in [2.45, 2.75) is 13.0 Å². The molecular formula is C18H20FN3O4. The number of ether oxygens (including phenoxy) is 1. The van der Waals surface area contributed by atoms with Crippen LogP contribution in [0.2, 0.25) is 0 Å². The third kappa shape index (κ3) is 2.44. The Balaban J connectivity index is 2.16. The highest BCUT2D eigenvalue weighted by molar-refractivity contribution is 5.97. The molecule has 1 atom stereocenters. The summed E-state index contributed by atoms with van der Waals surface area (Å²) < 4.78 is 88.9. The first kappa shape index (κ1) is 9.91. The Kier molecular flexibility index (Phi) is 2.28. The number of aromatic carboxylic acids is 1. The molecule has 0 unspecified atom stereocenters. The first-order chi connectivity index (χ1) is 15.4. The highest BCUT2D eigenvalue weighted by atomic mass is 19.1. The van der Waals surface area contributed by atoms with E-state index in [9.17, 15) is 14.7 Å². The van der Waals surface area contributed by atoms with Crippen LogP contribution in [0.25, 0.3) is 10.9 Å². The second-order valence-electron chi connectivity index (χ2n) is 6.02. The normalized spacial score (nSPS) is 32.6. The zero-order valence-electron chi connectivity index (χ0n) is 21.8. The van der Waals surface area contributed by atoms with Gasteiger partial charge >= 0.3 is 5.97 Å². The monoisotopic (exact) mass is 369 g/mol. The lowest BCUT2D eigenvalue weighted by atomic mass is 10.1. The molecule has 0 aliphatic carbocycles. The molecule has 7 nitrogen and oxygen atoms in total. The summed E-state index contributed by atoms with van der Waals surface area (Å²) in [4.78, 5) is 24.6. The third-order valence-electron chi connectivity index (χ3n) is 4.25. The van der Waals surface area contributed by atoms with Crippen molar-refractivity contribution in [2.75, 3.05) is 44.5 Å². The molecule has 3 heterocycles. The minimum atomic E-state index is -3.33. The first-order valence-electron chi connectivity index (χ1n) is 11.7. The van der Waals surface area contributed by atoms with Gasteiger partial charge in [0.15, 0.2) is 11.6 Å². The molecule has 1 aromatic heterocycles. The zero-order chi connectivity index (χ0) is 25.8. The molecule has 0 bridgehead atoms. The first-order valence-corrected chi connectivity index (χ1v) is 7.72. The second-order valence-corrected chi connectivity index (χ2v) is 6.02. The number of halogens is 1. The van der Waals surface area contributed by atoms with Crippen molar-refractivity contribution in [2.24, 2.45) is 0 Å². The maximum atomic E-state index is 15.6. The lowest BCUT2D eigenvalue weighted by molar-refractivity contribution is 0.0694. The summed E-state index contributed by atoms with van der Waals surface area (Å²) in [7, 11) is 0.872. The van der Waals surface area contributed by atoms with Gasteiger partial charge in [-0.1, -0.05) is 0 Å². The van der Waals surface area contributed by atoms with E-state index in [2.05, 4.69) is 0 Å². The molecule has 0 amide bonds. The molecule has 138 valence electrons. The number of hydrogen-bond donors (Lipinski definition) is 1. The van der Waals surface area contributed by atoms with Crippen LogP contribution >= 0.6 is 0 Å². The van der Waals surface area contributed by atoms with Crippen LogP contribution in [-0.4, -0.2) is 60.2 Å². The molecular weight excluding hydrogens is 341 g/mol. The van der Waals surface area contributed by atoms with Crippen LogP contribution in [0.4, 0.5) is 10.1 Å². The third-order valence-corrected chi connectivity index (χ3v) is 4.25. The topological polar surface area (TPSA) is 75.0 Å². The Morgan fingerprint density at radius 3 is 2.73 bits per heavy atom. The molecule has 1 saturated heterocycles. The van der Waals surface area contributed by atoms with E-state index < -0.39 is 71.6 Å². The van der Waals surface area contributed by atoms with E-state index in [-0.39, 0.29) is 21.9 Å². The average molecular weight is 369 g/mol. The number of likely N-dealkylation sites (N-methyl/N-ethyl adjacent to an activating group) is 1. The van der Waals surface area contributed by atoms with E-state index in [1.807, 2.05) is 0 Å². The van der Waals surface area contributed by atoms with Gasteiger partial charge in [-0.25, -0.2) is 9.18 Å². The molecule has 26 heavy (non-hydrogen) atoms. The van der Waals surface area contributed by atoms with Crippen LogP contribution in [-0.2, 0) is 0 Å². The standard InChI is InChI=1S/C18H20FN3O4/c1-10-9-26-17-14-11(16(23)12(18(24)25)8-22(10)14)7-13(19)15(17)21-5-3-20(2)4-6-21/h7-8,10H,3-6,9H2,1-2H3,(H,24,25)/t10-/m0/s1/i3D2,4D2,5D2,6D2. The minimum absolute atomic E-state index is 0.0278. The molecule has 1 aromatic carbocycles. The highest BCUT2D eigenvalue weighted by Crippen LogP contribution is 2.42. The number of piperazine rings is 1. The average Bonchev–Trinajstić information content (AvgIpc) is 2.71. The van der Waals surface area contributed by atoms with Crippen molar-refractivity contribution in [1.82, 2.24) is 9.47 Å². The molecule has 2 aliphatic rings. The van der Waals surface area contributed by atoms with Gasteiger partial charge < -0.3 is 24.2 Å². The summed E-state index contributed by atoms with van der Waals surface area (Å²) in [5.74, 6) is -3.48. The van der Waals surface area contributed by atoms with Gasteiger partial charge in [0.25, 0.3) is 0 Å². The summed E-state index contributed by atoms with van der Waals surface area (Å²) in [5, 5.41) is 8.98. The van der Waals surface area contributed by atoms with E-state index in [1.165, 1.54) is 4.57 Å². The lowest BCUT2D eigenvalue weighted by Gasteiger charge is -2.37. The predicted octanol–water partition coefficient (Wildman–Crippen LogP) is 1.54. The maximum Gasteiger partial charge on any atom is 0.341 e. The van der Waals surface area contributed by atoms with Gasteiger partial charge in [0.2, 0.25) is 5.43 Å². The van der Waals surface area contributed by atoms with E-state index in [4.69, 9.17) is 15.7 Å². The molecule has 0 spiro atoms. The number of anilines is 1. The quantitative estimate of drug-likeness (QED) is 0.866. The number of nitrogens with zero attached hydrogens (tertiary/aromatic N) is 3. The molecule has 2 aromatic rings. The van der Waals surface area contributed by atoms with Crippen molar-refractivity contribution in [3.8, 4) is 5.75 Å². The number of carboxylic acid groups (broad SMARTS) is 1. The van der Waals surface area contributed by atoms with Crippen molar-refractivity contribution >= 4 is 22.6 Å². The Hall–Kier alpha value is -2.61. The van der Waals surface area contributed by atoms with Crippen LogP contribution < -0.4 is 15.1 Å². The summed E-state index contributed by atoms with van der Waals surface area (Å²) in [6, 6.07) is 0.0575. The summed E-state index contributed by atoms with van der Waals surface area (Å²) in [6.07, 6.45) is 1.02. The summed E-state index contributed by atoms with van der Waals surface area (Å²) in [5.41, 5.74) is -2.75. The fourth-order valence-corrected chi connectivity index (χ4v) is 2.99. The van der Waals surface area contributed by atoms with Gasteiger partial charge in [-0.05, 0) is 20.0 Å². The van der Waals surface area contributed by atoms with Crippen LogP contribution in [0.1, 0.15) is 34.3 Å². The number of pyridine rings is 1. The SMILES string of the molecule is [2H]C1([2H])N(C)C([2H])([2H])C([2H])([2H])N(c2c(F)cc3c(=O)c(C(=O)O)cn4c3c2OC[C@@H]4C)C1([2H])[2H]. The number of carbonyl (C=O) groups is 1. The lowest BCUT2D eigenvalue weighted by Crippen LogP contribution is -2.45. The summed E-state index contributed by atoms with van der Waals surface area (Å²) >= 11 is 0. The van der Waals surface area contributed by atoms with E-state index >= 15 is 4.39 Å². The Morgan fingerprint density at radius 2 is 2.08 bits per heavy atom. The van der Waals surface area contributed by atoms with Gasteiger partial charge in [0, 0.05) is 37.7 Å². The smallest absolute Gasteiger partial charge is 0.341 e. The number of aromatic nitrogens is 1. The molecule has 1 N–H and O–H groups in total. The van der Waals surface area contributed by atoms with Crippen molar-refractivity contribution in [1.29, 1.82) is 0 Å². The van der Waals surface area contributed by atoms with Crippen LogP contribution in [0.3, 0.4) is 0 Å². The van der Waals surface area contributed by atoms with Crippen molar-refractivity contribution < 1.29 is 30.0 Å². The Morgan fingerprint density at radius 1 is 1.38 bits per heavy atom. The van der Waals surface area contributed by atoms with Crippen LogP contribution in [0.15, 0.2) is 17.1 Å². The number of benzene rings is 1. The summed E-state index contributed by atoms with van der Waals surface area (Å²) in [6.45, 7) is -11.5. The van der Waals surface area contributed by atoms with Gasteiger partial charge in [-0.15, -0.1) is 0 Å². The molecule has 0 radical (unpaired) electrons. The van der Waals surface area contributed by atoms with Crippen molar-refractivity contribution in [3.05, 3.63) is 33.9 Å².